The zero-order chi connectivity index (χ0) is 8.53. The monoisotopic (exact) mass is 161 g/mol. The Morgan fingerprint density at radius 2 is 1.64 bits per heavy atom. The van der Waals surface area contributed by atoms with Gasteiger partial charge in [-0.2, -0.15) is 0 Å². The first kappa shape index (κ1) is 9.90. The van der Waals surface area contributed by atoms with Gasteiger partial charge in [0.2, 0.25) is 0 Å². The van der Waals surface area contributed by atoms with E-state index in [4.69, 9.17) is 0 Å². The first-order chi connectivity index (χ1) is 5.35. The quantitative estimate of drug-likeness (QED) is 0.374. The predicted octanol–water partition coefficient (Wildman–Crippen LogP) is -0.431. The zero-order valence-electron chi connectivity index (χ0n) is 6.36. The summed E-state index contributed by atoms with van der Waals surface area (Å²) in [5.74, 6) is 0. The van der Waals surface area contributed by atoms with Crippen molar-refractivity contribution in [3.05, 3.63) is 0 Å². The van der Waals surface area contributed by atoms with Crippen molar-refractivity contribution in [2.45, 2.75) is 6.92 Å². The molecule has 0 aliphatic rings. The molecule has 0 aromatic rings. The van der Waals surface area contributed by atoms with Crippen LogP contribution in [0.15, 0.2) is 0 Å². The standard InChI is InChI=1S/C6H11NO4/c1-2-7(3-10-5-8)4-11-6-9/h5-6H,2-4H2,1H3. The van der Waals surface area contributed by atoms with Crippen molar-refractivity contribution in [1.29, 1.82) is 0 Å². The first-order valence-corrected chi connectivity index (χ1v) is 3.18. The van der Waals surface area contributed by atoms with E-state index in [2.05, 4.69) is 9.47 Å². The van der Waals surface area contributed by atoms with Gasteiger partial charge in [-0.15, -0.1) is 0 Å². The average Bonchev–Trinajstić information content (AvgIpc) is 2.05. The van der Waals surface area contributed by atoms with Crippen LogP contribution in [0.2, 0.25) is 0 Å². The van der Waals surface area contributed by atoms with Crippen LogP contribution in [0.3, 0.4) is 0 Å². The summed E-state index contributed by atoms with van der Waals surface area (Å²) in [6.07, 6.45) is 0. The largest absolute Gasteiger partial charge is 0.452 e. The SMILES string of the molecule is CCN(COC=O)COC=O. The second-order valence-corrected chi connectivity index (χ2v) is 1.77. The highest BCUT2D eigenvalue weighted by Crippen LogP contribution is 1.86. The lowest BCUT2D eigenvalue weighted by Crippen LogP contribution is -2.28. The molecule has 0 rings (SSSR count). The number of carbonyl (C=O) groups is 2. The van der Waals surface area contributed by atoms with Gasteiger partial charge in [0.05, 0.1) is 0 Å². The average molecular weight is 161 g/mol. The van der Waals surface area contributed by atoms with Gasteiger partial charge >= 0.3 is 0 Å². The fourth-order valence-corrected chi connectivity index (χ4v) is 0.492. The molecular formula is C6H11NO4. The van der Waals surface area contributed by atoms with E-state index in [0.29, 0.717) is 19.5 Å². The van der Waals surface area contributed by atoms with Crippen molar-refractivity contribution >= 4 is 12.9 Å². The van der Waals surface area contributed by atoms with Crippen molar-refractivity contribution in [3.8, 4) is 0 Å². The predicted molar refractivity (Wildman–Crippen MR) is 36.4 cm³/mol. The second-order valence-electron chi connectivity index (χ2n) is 1.77. The van der Waals surface area contributed by atoms with Crippen LogP contribution >= 0.6 is 0 Å². The second kappa shape index (κ2) is 7.01. The number of hydrogen-bond acceptors (Lipinski definition) is 5. The van der Waals surface area contributed by atoms with Gasteiger partial charge < -0.3 is 9.47 Å². The van der Waals surface area contributed by atoms with Gasteiger partial charge in [-0.3, -0.25) is 9.59 Å². The summed E-state index contributed by atoms with van der Waals surface area (Å²) >= 11 is 0. The Bertz CT molecular complexity index is 105. The minimum atomic E-state index is 0.147. The lowest BCUT2D eigenvalue weighted by atomic mass is 10.7. The molecule has 0 bridgehead atoms. The van der Waals surface area contributed by atoms with Crippen molar-refractivity contribution in [2.24, 2.45) is 0 Å². The van der Waals surface area contributed by atoms with Crippen LogP contribution in [0.4, 0.5) is 0 Å². The molecule has 0 N–H and O–H groups in total. The van der Waals surface area contributed by atoms with Gasteiger partial charge in [-0.25, -0.2) is 4.90 Å². The summed E-state index contributed by atoms with van der Waals surface area (Å²) in [6.45, 7) is 3.51. The van der Waals surface area contributed by atoms with E-state index >= 15 is 0 Å². The van der Waals surface area contributed by atoms with E-state index in [1.54, 1.807) is 4.90 Å². The third-order valence-electron chi connectivity index (χ3n) is 1.10. The molecule has 0 saturated heterocycles. The molecule has 0 aliphatic heterocycles. The first-order valence-electron chi connectivity index (χ1n) is 3.18. The Balaban J connectivity index is 3.39. The minimum absolute atomic E-state index is 0.147. The Hall–Kier alpha value is -1.10. The molecular weight excluding hydrogens is 150 g/mol. The van der Waals surface area contributed by atoms with E-state index < -0.39 is 0 Å². The van der Waals surface area contributed by atoms with E-state index in [-0.39, 0.29) is 13.5 Å². The zero-order valence-corrected chi connectivity index (χ0v) is 6.36. The van der Waals surface area contributed by atoms with Crippen LogP contribution in [0.25, 0.3) is 0 Å². The van der Waals surface area contributed by atoms with Crippen LogP contribution in [0.5, 0.6) is 0 Å². The third kappa shape index (κ3) is 5.35. The Morgan fingerprint density at radius 3 is 1.91 bits per heavy atom. The normalized spacial score (nSPS) is 9.27. The molecule has 0 unspecified atom stereocenters. The smallest absolute Gasteiger partial charge is 0.294 e. The van der Waals surface area contributed by atoms with Gasteiger partial charge in [-0.05, 0) is 0 Å². The number of ether oxygens (including phenoxy) is 2. The fourth-order valence-electron chi connectivity index (χ4n) is 0.492. The Morgan fingerprint density at radius 1 is 1.18 bits per heavy atom. The van der Waals surface area contributed by atoms with E-state index in [9.17, 15) is 9.59 Å². The summed E-state index contributed by atoms with van der Waals surface area (Å²) < 4.78 is 8.87. The van der Waals surface area contributed by atoms with Crippen LogP contribution in [0.1, 0.15) is 6.92 Å². The number of hydrogen-bond donors (Lipinski definition) is 0. The molecule has 0 spiro atoms. The van der Waals surface area contributed by atoms with Gasteiger partial charge in [-0.1, -0.05) is 6.92 Å². The molecule has 11 heavy (non-hydrogen) atoms. The van der Waals surface area contributed by atoms with E-state index in [0.717, 1.165) is 0 Å². The highest BCUT2D eigenvalue weighted by atomic mass is 16.6. The van der Waals surface area contributed by atoms with Crippen LogP contribution in [-0.4, -0.2) is 37.9 Å². The third-order valence-corrected chi connectivity index (χ3v) is 1.10. The molecule has 0 aromatic carbocycles. The van der Waals surface area contributed by atoms with E-state index in [1.165, 1.54) is 0 Å². The van der Waals surface area contributed by atoms with Crippen LogP contribution in [-0.2, 0) is 19.1 Å². The van der Waals surface area contributed by atoms with Gasteiger partial charge in [0.25, 0.3) is 12.9 Å². The van der Waals surface area contributed by atoms with Gasteiger partial charge in [0, 0.05) is 6.54 Å². The van der Waals surface area contributed by atoms with Gasteiger partial charge in [0.15, 0.2) is 0 Å². The Labute approximate surface area is 64.9 Å². The topological polar surface area (TPSA) is 55.8 Å². The van der Waals surface area contributed by atoms with Crippen LogP contribution < -0.4 is 0 Å². The molecule has 64 valence electrons. The van der Waals surface area contributed by atoms with Crippen molar-refractivity contribution in [2.75, 3.05) is 20.0 Å². The summed E-state index contributed by atoms with van der Waals surface area (Å²) in [7, 11) is 0. The fraction of sp³-hybridized carbons (Fsp3) is 0.667. The number of nitrogens with zero attached hydrogens (tertiary/aromatic N) is 1. The summed E-state index contributed by atoms with van der Waals surface area (Å²) in [6, 6.07) is 0. The molecule has 5 heteroatoms. The molecule has 5 nitrogen and oxygen atoms in total. The highest BCUT2D eigenvalue weighted by Gasteiger charge is 2.00. The molecule has 0 amide bonds. The molecule has 0 saturated carbocycles. The lowest BCUT2D eigenvalue weighted by molar-refractivity contribution is -0.141. The maximum atomic E-state index is 9.74. The van der Waals surface area contributed by atoms with Crippen molar-refractivity contribution in [1.82, 2.24) is 4.90 Å². The van der Waals surface area contributed by atoms with Crippen molar-refractivity contribution in [3.63, 3.8) is 0 Å². The molecule has 0 aromatic heterocycles. The number of rotatable bonds is 7. The molecule has 0 aliphatic carbocycles. The lowest BCUT2D eigenvalue weighted by Gasteiger charge is -2.16. The minimum Gasteiger partial charge on any atom is -0.452 e. The molecule has 0 radical (unpaired) electrons. The summed E-state index contributed by atoms with van der Waals surface area (Å²) in [5.41, 5.74) is 0. The van der Waals surface area contributed by atoms with Gasteiger partial charge in [0.1, 0.15) is 13.5 Å². The maximum Gasteiger partial charge on any atom is 0.294 e. The molecule has 0 fully saturated rings. The number of carbonyl (C=O) groups excluding carboxylic acids is 2. The summed E-state index contributed by atoms with van der Waals surface area (Å²) in [5, 5.41) is 0. The molecule has 0 atom stereocenters. The van der Waals surface area contributed by atoms with Crippen molar-refractivity contribution < 1.29 is 19.1 Å². The molecule has 0 heterocycles. The Kier molecular flexibility index (Phi) is 6.31. The van der Waals surface area contributed by atoms with Crippen LogP contribution in [0, 0.1) is 0 Å². The maximum absolute atomic E-state index is 9.74. The summed E-state index contributed by atoms with van der Waals surface area (Å²) in [4.78, 5) is 21.1. The van der Waals surface area contributed by atoms with E-state index in [1.807, 2.05) is 6.92 Å². The highest BCUT2D eigenvalue weighted by molar-refractivity contribution is 5.37.